The predicted molar refractivity (Wildman–Crippen MR) is 105 cm³/mol. The molecule has 0 rings (SSSR count). The molecule has 2 atom stereocenters. The van der Waals surface area contributed by atoms with Gasteiger partial charge in [-0.25, -0.2) is 0 Å². The van der Waals surface area contributed by atoms with E-state index in [0.717, 1.165) is 38.0 Å². The van der Waals surface area contributed by atoms with Crippen LogP contribution in [0.25, 0.3) is 0 Å². The van der Waals surface area contributed by atoms with Crippen molar-refractivity contribution in [2.45, 2.75) is 79.1 Å². The minimum absolute atomic E-state index is 0.866. The molecule has 140 valence electrons. The second-order valence-electron chi connectivity index (χ2n) is 6.99. The van der Waals surface area contributed by atoms with Crippen molar-refractivity contribution >= 4 is 0 Å². The standard InChI is InChI=1S/C20H45N3/c1-5-9-11-19(7-3)17-22-15-13-21-14-16-23-18-20(8-4)12-10-6-2/h19-23H,5-18H2,1-4H3. The molecule has 0 aliphatic heterocycles. The zero-order chi connectivity index (χ0) is 17.2. The maximum Gasteiger partial charge on any atom is 0.00772 e. The molecule has 0 aromatic heterocycles. The molecular formula is C20H45N3. The van der Waals surface area contributed by atoms with Crippen LogP contribution in [0, 0.1) is 11.8 Å². The van der Waals surface area contributed by atoms with E-state index in [2.05, 4.69) is 43.6 Å². The summed E-state index contributed by atoms with van der Waals surface area (Å²) in [4.78, 5) is 0. The van der Waals surface area contributed by atoms with E-state index in [-0.39, 0.29) is 0 Å². The lowest BCUT2D eigenvalue weighted by atomic mass is 9.99. The smallest absolute Gasteiger partial charge is 0.00772 e. The van der Waals surface area contributed by atoms with Gasteiger partial charge in [-0.05, 0) is 37.8 Å². The molecule has 0 saturated carbocycles. The van der Waals surface area contributed by atoms with Crippen molar-refractivity contribution in [3.63, 3.8) is 0 Å². The summed E-state index contributed by atoms with van der Waals surface area (Å²) >= 11 is 0. The Balaban J connectivity index is 3.35. The Morgan fingerprint density at radius 2 is 0.957 bits per heavy atom. The lowest BCUT2D eigenvalue weighted by molar-refractivity contribution is 0.411. The Hall–Kier alpha value is -0.120. The topological polar surface area (TPSA) is 36.1 Å². The third kappa shape index (κ3) is 15.2. The molecule has 0 aromatic carbocycles. The Kier molecular flexibility index (Phi) is 18.1. The van der Waals surface area contributed by atoms with Crippen LogP contribution in [-0.4, -0.2) is 39.3 Å². The van der Waals surface area contributed by atoms with Crippen molar-refractivity contribution in [1.82, 2.24) is 16.0 Å². The summed E-state index contributed by atoms with van der Waals surface area (Å²) in [5.74, 6) is 1.73. The zero-order valence-electron chi connectivity index (χ0n) is 16.6. The summed E-state index contributed by atoms with van der Waals surface area (Å²) in [6.07, 6.45) is 10.8. The summed E-state index contributed by atoms with van der Waals surface area (Å²) in [7, 11) is 0. The largest absolute Gasteiger partial charge is 0.315 e. The maximum absolute atomic E-state index is 3.60. The van der Waals surface area contributed by atoms with E-state index in [1.54, 1.807) is 0 Å². The molecule has 0 amide bonds. The Morgan fingerprint density at radius 3 is 1.30 bits per heavy atom. The van der Waals surface area contributed by atoms with Crippen molar-refractivity contribution < 1.29 is 0 Å². The first-order chi connectivity index (χ1) is 11.3. The van der Waals surface area contributed by atoms with Gasteiger partial charge < -0.3 is 16.0 Å². The molecule has 3 heteroatoms. The van der Waals surface area contributed by atoms with Crippen molar-refractivity contribution in [1.29, 1.82) is 0 Å². The highest BCUT2D eigenvalue weighted by molar-refractivity contribution is 4.64. The predicted octanol–water partition coefficient (Wildman–Crippen LogP) is 4.19. The number of hydrogen-bond acceptors (Lipinski definition) is 3. The average Bonchev–Trinajstić information content (AvgIpc) is 2.58. The first-order valence-electron chi connectivity index (χ1n) is 10.4. The average molecular weight is 328 g/mol. The third-order valence-electron chi connectivity index (χ3n) is 4.91. The van der Waals surface area contributed by atoms with E-state index in [9.17, 15) is 0 Å². The fourth-order valence-corrected chi connectivity index (χ4v) is 2.98. The quantitative estimate of drug-likeness (QED) is 0.330. The maximum atomic E-state index is 3.60. The monoisotopic (exact) mass is 327 g/mol. The number of hydrogen-bond donors (Lipinski definition) is 3. The first kappa shape index (κ1) is 22.9. The van der Waals surface area contributed by atoms with Crippen LogP contribution in [0.1, 0.15) is 79.1 Å². The van der Waals surface area contributed by atoms with Gasteiger partial charge in [-0.1, -0.05) is 66.2 Å². The summed E-state index contributed by atoms with van der Waals surface area (Å²) in [6.45, 7) is 15.9. The molecule has 23 heavy (non-hydrogen) atoms. The molecule has 0 fully saturated rings. The number of rotatable bonds is 18. The van der Waals surface area contributed by atoms with Crippen LogP contribution in [0.15, 0.2) is 0 Å². The van der Waals surface area contributed by atoms with Crippen LogP contribution in [0.2, 0.25) is 0 Å². The van der Waals surface area contributed by atoms with Gasteiger partial charge in [-0.3, -0.25) is 0 Å². The third-order valence-corrected chi connectivity index (χ3v) is 4.91. The van der Waals surface area contributed by atoms with Crippen LogP contribution < -0.4 is 16.0 Å². The molecule has 3 N–H and O–H groups in total. The molecule has 0 spiro atoms. The van der Waals surface area contributed by atoms with E-state index < -0.39 is 0 Å². The molecule has 0 aliphatic rings. The zero-order valence-corrected chi connectivity index (χ0v) is 16.6. The van der Waals surface area contributed by atoms with Crippen LogP contribution in [0.5, 0.6) is 0 Å². The highest BCUT2D eigenvalue weighted by Crippen LogP contribution is 2.11. The van der Waals surface area contributed by atoms with Gasteiger partial charge in [0.1, 0.15) is 0 Å². The summed E-state index contributed by atoms with van der Waals surface area (Å²) in [6, 6.07) is 0. The van der Waals surface area contributed by atoms with Gasteiger partial charge in [-0.15, -0.1) is 0 Å². The minimum atomic E-state index is 0.866. The first-order valence-corrected chi connectivity index (χ1v) is 10.4. The number of unbranched alkanes of at least 4 members (excludes halogenated alkanes) is 2. The molecule has 0 aromatic rings. The van der Waals surface area contributed by atoms with Crippen molar-refractivity contribution in [3.05, 3.63) is 0 Å². The van der Waals surface area contributed by atoms with Gasteiger partial charge in [0.15, 0.2) is 0 Å². The van der Waals surface area contributed by atoms with E-state index in [1.807, 2.05) is 0 Å². The van der Waals surface area contributed by atoms with E-state index in [0.29, 0.717) is 0 Å². The van der Waals surface area contributed by atoms with Gasteiger partial charge >= 0.3 is 0 Å². The molecule has 3 nitrogen and oxygen atoms in total. The summed E-state index contributed by atoms with van der Waals surface area (Å²) in [5.41, 5.74) is 0. The second-order valence-corrected chi connectivity index (χ2v) is 6.99. The highest BCUT2D eigenvalue weighted by Gasteiger charge is 2.05. The molecule has 0 radical (unpaired) electrons. The molecule has 0 saturated heterocycles. The van der Waals surface area contributed by atoms with E-state index >= 15 is 0 Å². The molecule has 0 bridgehead atoms. The molecule has 2 unspecified atom stereocenters. The molecular weight excluding hydrogens is 282 g/mol. The lowest BCUT2D eigenvalue weighted by Crippen LogP contribution is -2.35. The van der Waals surface area contributed by atoms with Gasteiger partial charge in [0, 0.05) is 26.2 Å². The van der Waals surface area contributed by atoms with Crippen LogP contribution in [-0.2, 0) is 0 Å². The minimum Gasteiger partial charge on any atom is -0.315 e. The Labute approximate surface area is 146 Å². The fraction of sp³-hybridized carbons (Fsp3) is 1.00. The lowest BCUT2D eigenvalue weighted by Gasteiger charge is -2.16. The SMILES string of the molecule is CCCCC(CC)CNCCNCCNCC(CC)CCCC. The molecule has 0 aliphatic carbocycles. The van der Waals surface area contributed by atoms with E-state index in [1.165, 1.54) is 64.5 Å². The second kappa shape index (κ2) is 18.2. The van der Waals surface area contributed by atoms with Gasteiger partial charge in [0.2, 0.25) is 0 Å². The van der Waals surface area contributed by atoms with Crippen LogP contribution in [0.4, 0.5) is 0 Å². The van der Waals surface area contributed by atoms with Gasteiger partial charge in [0.25, 0.3) is 0 Å². The summed E-state index contributed by atoms with van der Waals surface area (Å²) in [5, 5.41) is 10.7. The van der Waals surface area contributed by atoms with Crippen LogP contribution >= 0.6 is 0 Å². The summed E-state index contributed by atoms with van der Waals surface area (Å²) < 4.78 is 0. The van der Waals surface area contributed by atoms with Crippen molar-refractivity contribution in [3.8, 4) is 0 Å². The normalized spacial score (nSPS) is 14.1. The van der Waals surface area contributed by atoms with E-state index in [4.69, 9.17) is 0 Å². The van der Waals surface area contributed by atoms with Gasteiger partial charge in [0.05, 0.1) is 0 Å². The highest BCUT2D eigenvalue weighted by atomic mass is 15.0. The Bertz CT molecular complexity index is 199. The van der Waals surface area contributed by atoms with Gasteiger partial charge in [-0.2, -0.15) is 0 Å². The molecule has 0 heterocycles. The van der Waals surface area contributed by atoms with Crippen molar-refractivity contribution in [2.24, 2.45) is 11.8 Å². The van der Waals surface area contributed by atoms with Crippen LogP contribution in [0.3, 0.4) is 0 Å². The van der Waals surface area contributed by atoms with Crippen molar-refractivity contribution in [2.75, 3.05) is 39.3 Å². The number of nitrogens with one attached hydrogen (secondary N) is 3. The fourth-order valence-electron chi connectivity index (χ4n) is 2.98. The Morgan fingerprint density at radius 1 is 0.565 bits per heavy atom.